The Balaban J connectivity index is 1.53. The molecule has 5 nitrogen and oxygen atoms in total. The van der Waals surface area contributed by atoms with Gasteiger partial charge in [0.15, 0.2) is 5.88 Å². The molecule has 0 amide bonds. The molecule has 2 aromatic carbocycles. The number of hydrogen-bond acceptors (Lipinski definition) is 4. The summed E-state index contributed by atoms with van der Waals surface area (Å²) in [6.07, 6.45) is 4.81. The fourth-order valence-electron chi connectivity index (χ4n) is 2.87. The number of nitrogens with zero attached hydrogens (tertiary/aromatic N) is 2. The van der Waals surface area contributed by atoms with E-state index in [4.69, 9.17) is 0 Å². The van der Waals surface area contributed by atoms with Crippen LogP contribution >= 0.6 is 0 Å². The molecule has 0 spiro atoms. The molecule has 0 radical (unpaired) electrons. The minimum absolute atomic E-state index is 0.125. The van der Waals surface area contributed by atoms with Crippen LogP contribution in [0.5, 0.6) is 5.88 Å². The van der Waals surface area contributed by atoms with Gasteiger partial charge in [-0.15, -0.1) is 0 Å². The first kappa shape index (κ1) is 17.7. The van der Waals surface area contributed by atoms with Gasteiger partial charge < -0.3 is 15.4 Å². The predicted octanol–water partition coefficient (Wildman–Crippen LogP) is 4.91. The smallest absolute Gasteiger partial charge is 0.198 e. The van der Waals surface area contributed by atoms with Crippen molar-refractivity contribution in [3.8, 4) is 5.88 Å². The molecule has 0 saturated heterocycles. The summed E-state index contributed by atoms with van der Waals surface area (Å²) in [7, 11) is 0. The van der Waals surface area contributed by atoms with Crippen molar-refractivity contribution >= 4 is 28.5 Å². The van der Waals surface area contributed by atoms with Crippen molar-refractivity contribution in [3.63, 3.8) is 0 Å². The first-order valence-electron chi connectivity index (χ1n) is 8.57. The quantitative estimate of drug-likeness (QED) is 0.432. The summed E-state index contributed by atoms with van der Waals surface area (Å²) in [5, 5.41) is 13.7. The number of H-pyrrole nitrogens is 1. The SMILES string of the molecule is Oc1[nH]c2cc(F)ccc2c1C=Nc1ccc(NCc2cccnc2)c(F)c1. The van der Waals surface area contributed by atoms with Gasteiger partial charge in [0.1, 0.15) is 11.6 Å². The van der Waals surface area contributed by atoms with Gasteiger partial charge in [0, 0.05) is 36.6 Å². The molecule has 0 aliphatic heterocycles. The monoisotopic (exact) mass is 378 g/mol. The van der Waals surface area contributed by atoms with Crippen LogP contribution < -0.4 is 5.32 Å². The van der Waals surface area contributed by atoms with E-state index in [0.29, 0.717) is 34.4 Å². The number of benzene rings is 2. The molecular formula is C21H16F2N4O. The molecule has 3 N–H and O–H groups in total. The summed E-state index contributed by atoms with van der Waals surface area (Å²) in [4.78, 5) is 10.9. The Labute approximate surface area is 159 Å². The maximum Gasteiger partial charge on any atom is 0.198 e. The highest BCUT2D eigenvalue weighted by Gasteiger charge is 2.10. The summed E-state index contributed by atoms with van der Waals surface area (Å²) in [6.45, 7) is 0.452. The predicted molar refractivity (Wildman–Crippen MR) is 105 cm³/mol. The highest BCUT2D eigenvalue weighted by Crippen LogP contribution is 2.27. The topological polar surface area (TPSA) is 73.3 Å². The molecule has 2 heterocycles. The molecule has 0 atom stereocenters. The normalized spacial score (nSPS) is 11.4. The van der Waals surface area contributed by atoms with Crippen molar-refractivity contribution < 1.29 is 13.9 Å². The van der Waals surface area contributed by atoms with Gasteiger partial charge in [-0.25, -0.2) is 8.78 Å². The lowest BCUT2D eigenvalue weighted by molar-refractivity contribution is 0.457. The van der Waals surface area contributed by atoms with Crippen LogP contribution in [0.1, 0.15) is 11.1 Å². The molecule has 2 aromatic heterocycles. The van der Waals surface area contributed by atoms with E-state index in [1.165, 1.54) is 24.4 Å². The van der Waals surface area contributed by atoms with Crippen LogP contribution in [0.3, 0.4) is 0 Å². The van der Waals surface area contributed by atoms with Crippen LogP contribution in [0.2, 0.25) is 0 Å². The van der Waals surface area contributed by atoms with Gasteiger partial charge in [0.2, 0.25) is 0 Å². The standard InChI is InChI=1S/C21H16F2N4O/c22-14-3-5-16-17(21(28)27-20(16)8-14)12-25-15-4-6-19(18(23)9-15)26-11-13-2-1-7-24-10-13/h1-10,12,26-28H,11H2. The van der Waals surface area contributed by atoms with Crippen molar-refractivity contribution in [2.45, 2.75) is 6.54 Å². The Morgan fingerprint density at radius 1 is 1.14 bits per heavy atom. The Morgan fingerprint density at radius 2 is 2.04 bits per heavy atom. The first-order valence-corrected chi connectivity index (χ1v) is 8.57. The van der Waals surface area contributed by atoms with Crippen LogP contribution in [-0.4, -0.2) is 21.3 Å². The zero-order chi connectivity index (χ0) is 19.5. The minimum Gasteiger partial charge on any atom is -0.494 e. The van der Waals surface area contributed by atoms with Crippen LogP contribution in [0.15, 0.2) is 65.9 Å². The second-order valence-corrected chi connectivity index (χ2v) is 6.21. The Kier molecular flexibility index (Phi) is 4.72. The van der Waals surface area contributed by atoms with Crippen LogP contribution in [0.4, 0.5) is 20.2 Å². The molecule has 0 aliphatic rings. The fraction of sp³-hybridized carbons (Fsp3) is 0.0476. The van der Waals surface area contributed by atoms with Gasteiger partial charge in [-0.05, 0) is 42.0 Å². The fourth-order valence-corrected chi connectivity index (χ4v) is 2.87. The van der Waals surface area contributed by atoms with Gasteiger partial charge >= 0.3 is 0 Å². The van der Waals surface area contributed by atoms with E-state index >= 15 is 0 Å². The average Bonchev–Trinajstić information content (AvgIpc) is 3.00. The van der Waals surface area contributed by atoms with Gasteiger partial charge in [-0.2, -0.15) is 0 Å². The van der Waals surface area contributed by atoms with Crippen molar-refractivity contribution in [1.82, 2.24) is 9.97 Å². The second kappa shape index (κ2) is 7.48. The third-order valence-corrected chi connectivity index (χ3v) is 4.28. The average molecular weight is 378 g/mol. The maximum atomic E-state index is 14.3. The van der Waals surface area contributed by atoms with E-state index in [2.05, 4.69) is 20.3 Å². The van der Waals surface area contributed by atoms with Gasteiger partial charge in [0.25, 0.3) is 0 Å². The molecule has 140 valence electrons. The van der Waals surface area contributed by atoms with Crippen LogP contribution in [0, 0.1) is 11.6 Å². The number of halogens is 2. The molecule has 7 heteroatoms. The zero-order valence-electron chi connectivity index (χ0n) is 14.7. The van der Waals surface area contributed by atoms with Crippen molar-refractivity contribution in [2.24, 2.45) is 4.99 Å². The molecule has 0 unspecified atom stereocenters. The number of nitrogens with one attached hydrogen (secondary N) is 2. The number of fused-ring (bicyclic) bond motifs is 1. The molecular weight excluding hydrogens is 362 g/mol. The lowest BCUT2D eigenvalue weighted by Gasteiger charge is -2.07. The lowest BCUT2D eigenvalue weighted by atomic mass is 10.2. The summed E-state index contributed by atoms with van der Waals surface area (Å²) in [5.74, 6) is -0.975. The molecule has 0 bridgehead atoms. The number of aromatic hydroxyl groups is 1. The number of aromatic amines is 1. The van der Waals surface area contributed by atoms with E-state index in [9.17, 15) is 13.9 Å². The van der Waals surface area contributed by atoms with Crippen molar-refractivity contribution in [1.29, 1.82) is 0 Å². The molecule has 28 heavy (non-hydrogen) atoms. The molecule has 0 aliphatic carbocycles. The Morgan fingerprint density at radius 3 is 2.82 bits per heavy atom. The number of hydrogen-bond donors (Lipinski definition) is 3. The highest BCUT2D eigenvalue weighted by molar-refractivity contribution is 6.02. The summed E-state index contributed by atoms with van der Waals surface area (Å²) < 4.78 is 27.6. The molecule has 4 aromatic rings. The van der Waals surface area contributed by atoms with Gasteiger partial charge in [0.05, 0.1) is 22.5 Å². The largest absolute Gasteiger partial charge is 0.494 e. The third kappa shape index (κ3) is 3.68. The van der Waals surface area contributed by atoms with Gasteiger partial charge in [-0.1, -0.05) is 6.07 Å². The van der Waals surface area contributed by atoms with Crippen LogP contribution in [0.25, 0.3) is 10.9 Å². The molecule has 0 saturated carbocycles. The van der Waals surface area contributed by atoms with Crippen molar-refractivity contribution in [2.75, 3.05) is 5.32 Å². The van der Waals surface area contributed by atoms with E-state index in [1.54, 1.807) is 30.6 Å². The number of anilines is 1. The first-order chi connectivity index (χ1) is 13.6. The molecule has 0 fully saturated rings. The molecule has 4 rings (SSSR count). The number of pyridine rings is 1. The Hall–Kier alpha value is -3.74. The second-order valence-electron chi connectivity index (χ2n) is 6.21. The summed E-state index contributed by atoms with van der Waals surface area (Å²) in [5.41, 5.74) is 2.55. The van der Waals surface area contributed by atoms with E-state index in [1.807, 2.05) is 12.1 Å². The van der Waals surface area contributed by atoms with Gasteiger partial charge in [-0.3, -0.25) is 9.98 Å². The Bertz CT molecular complexity index is 1160. The van der Waals surface area contributed by atoms with Crippen molar-refractivity contribution in [3.05, 3.63) is 83.7 Å². The maximum absolute atomic E-state index is 14.3. The van der Waals surface area contributed by atoms with E-state index in [-0.39, 0.29) is 5.88 Å². The third-order valence-electron chi connectivity index (χ3n) is 4.28. The summed E-state index contributed by atoms with van der Waals surface area (Å²) >= 11 is 0. The minimum atomic E-state index is -0.441. The van der Waals surface area contributed by atoms with E-state index < -0.39 is 11.6 Å². The number of aromatic nitrogens is 2. The number of rotatable bonds is 5. The lowest BCUT2D eigenvalue weighted by Crippen LogP contribution is -2.01. The number of aliphatic imine (C=N–C) groups is 1. The van der Waals surface area contributed by atoms with Crippen LogP contribution in [-0.2, 0) is 6.54 Å². The highest BCUT2D eigenvalue weighted by atomic mass is 19.1. The summed E-state index contributed by atoms with van der Waals surface area (Å²) in [6, 6.07) is 12.4. The zero-order valence-corrected chi connectivity index (χ0v) is 14.7. The van der Waals surface area contributed by atoms with E-state index in [0.717, 1.165) is 5.56 Å².